The van der Waals surface area contributed by atoms with Gasteiger partial charge in [-0.3, -0.25) is 9.98 Å². The van der Waals surface area contributed by atoms with Crippen LogP contribution >= 0.6 is 0 Å². The third-order valence-electron chi connectivity index (χ3n) is 6.17. The fourth-order valence-electron chi connectivity index (χ4n) is 4.51. The summed E-state index contributed by atoms with van der Waals surface area (Å²) >= 11 is 0. The maximum atomic E-state index is 15.3. The Morgan fingerprint density at radius 3 is 2.77 bits per heavy atom. The largest absolute Gasteiger partial charge is 0.378 e. The van der Waals surface area contributed by atoms with Crippen molar-refractivity contribution in [1.82, 2.24) is 10.3 Å². The van der Waals surface area contributed by atoms with Gasteiger partial charge in [0.05, 0.1) is 43.9 Å². The smallest absolute Gasteiger partial charge is 0.140 e. The Labute approximate surface area is 176 Å². The number of hydrogen-bond donors (Lipinski definition) is 1. The van der Waals surface area contributed by atoms with Crippen molar-refractivity contribution in [2.45, 2.75) is 18.5 Å². The summed E-state index contributed by atoms with van der Waals surface area (Å²) in [5.74, 6) is 0. The van der Waals surface area contributed by atoms with Crippen molar-refractivity contribution < 1.29 is 9.13 Å². The average Bonchev–Trinajstić information content (AvgIpc) is 2.80. The molecule has 0 bridgehead atoms. The highest BCUT2D eigenvalue weighted by atomic mass is 19.1. The van der Waals surface area contributed by atoms with Gasteiger partial charge in [0.25, 0.3) is 0 Å². The number of morpholine rings is 1. The maximum Gasteiger partial charge on any atom is 0.140 e. The van der Waals surface area contributed by atoms with E-state index < -0.39 is 5.67 Å². The number of benzene rings is 1. The topological polar surface area (TPSA) is 53.0 Å². The Bertz CT molecular complexity index is 904. The number of ether oxygens (including phenoxy) is 1. The lowest BCUT2D eigenvalue weighted by molar-refractivity contribution is 0.122. The van der Waals surface area contributed by atoms with Crippen LogP contribution in [-0.4, -0.2) is 69.3 Å². The number of rotatable bonds is 4. The van der Waals surface area contributed by atoms with Crippen LogP contribution in [-0.2, 0) is 4.74 Å². The van der Waals surface area contributed by atoms with Crippen LogP contribution in [0.3, 0.4) is 0 Å². The third-order valence-corrected chi connectivity index (χ3v) is 6.17. The summed E-state index contributed by atoms with van der Waals surface area (Å²) in [6, 6.07) is 10.6. The quantitative estimate of drug-likeness (QED) is 0.841. The molecule has 2 aromatic rings. The molecular weight excluding hydrogens is 381 g/mol. The molecule has 158 valence electrons. The summed E-state index contributed by atoms with van der Waals surface area (Å²) in [6.45, 7) is 5.70. The van der Waals surface area contributed by atoms with Crippen molar-refractivity contribution in [1.29, 1.82) is 0 Å². The van der Waals surface area contributed by atoms with Crippen LogP contribution in [0.25, 0.3) is 11.3 Å². The van der Waals surface area contributed by atoms with E-state index in [1.165, 1.54) is 5.69 Å². The molecule has 0 saturated carbocycles. The predicted molar refractivity (Wildman–Crippen MR) is 119 cm³/mol. The van der Waals surface area contributed by atoms with Crippen LogP contribution in [0.5, 0.6) is 0 Å². The summed E-state index contributed by atoms with van der Waals surface area (Å²) in [4.78, 5) is 13.5. The van der Waals surface area contributed by atoms with E-state index in [1.807, 2.05) is 6.21 Å². The minimum absolute atomic E-state index is 0.373. The fourth-order valence-corrected chi connectivity index (χ4v) is 4.51. The second kappa shape index (κ2) is 8.32. The zero-order chi connectivity index (χ0) is 20.4. The van der Waals surface area contributed by atoms with Crippen molar-refractivity contribution >= 4 is 23.3 Å². The molecule has 0 amide bonds. The summed E-state index contributed by atoms with van der Waals surface area (Å²) in [5, 5.41) is 3.20. The number of pyridine rings is 1. The van der Waals surface area contributed by atoms with Crippen LogP contribution in [0, 0.1) is 0 Å². The first kappa shape index (κ1) is 19.5. The first-order chi connectivity index (χ1) is 14.7. The van der Waals surface area contributed by atoms with Crippen molar-refractivity contribution in [3.63, 3.8) is 0 Å². The number of nitrogens with zero attached hydrogens (tertiary/aromatic N) is 4. The SMILES string of the molecule is F[C@@]1(CN2CC=Nc3cnc(-c4ccc(N5CCOCC5)cc4)cc32)CCCNC1. The summed E-state index contributed by atoms with van der Waals surface area (Å²) < 4.78 is 20.8. The van der Waals surface area contributed by atoms with Gasteiger partial charge in [0, 0.05) is 37.1 Å². The number of nitrogens with one attached hydrogen (secondary N) is 1. The van der Waals surface area contributed by atoms with Crippen LogP contribution < -0.4 is 15.1 Å². The van der Waals surface area contributed by atoms with E-state index in [1.54, 1.807) is 6.20 Å². The van der Waals surface area contributed by atoms with Gasteiger partial charge < -0.3 is 19.9 Å². The number of anilines is 2. The Balaban J connectivity index is 1.38. The summed E-state index contributed by atoms with van der Waals surface area (Å²) in [5.41, 5.74) is 3.71. The Kier molecular flexibility index (Phi) is 5.39. The molecule has 1 aromatic carbocycles. The minimum atomic E-state index is -1.20. The van der Waals surface area contributed by atoms with Gasteiger partial charge in [0.1, 0.15) is 11.4 Å². The van der Waals surface area contributed by atoms with Gasteiger partial charge in [0.2, 0.25) is 0 Å². The molecule has 1 N–H and O–H groups in total. The van der Waals surface area contributed by atoms with Gasteiger partial charge >= 0.3 is 0 Å². The number of aliphatic imine (C=N–C) groups is 1. The van der Waals surface area contributed by atoms with Gasteiger partial charge in [-0.15, -0.1) is 0 Å². The molecular formula is C23H28FN5O. The summed E-state index contributed by atoms with van der Waals surface area (Å²) in [6.07, 6.45) is 5.12. The number of hydrogen-bond acceptors (Lipinski definition) is 6. The third kappa shape index (κ3) is 4.04. The Morgan fingerprint density at radius 1 is 1.17 bits per heavy atom. The molecule has 1 atom stereocenters. The number of fused-ring (bicyclic) bond motifs is 1. The molecule has 2 saturated heterocycles. The molecule has 30 heavy (non-hydrogen) atoms. The maximum absolute atomic E-state index is 15.3. The van der Waals surface area contributed by atoms with Crippen molar-refractivity contribution in [2.24, 2.45) is 4.99 Å². The van der Waals surface area contributed by atoms with E-state index in [9.17, 15) is 0 Å². The van der Waals surface area contributed by atoms with E-state index in [-0.39, 0.29) is 0 Å². The molecule has 4 heterocycles. The van der Waals surface area contributed by atoms with E-state index in [0.29, 0.717) is 26.1 Å². The molecule has 0 aliphatic carbocycles. The first-order valence-corrected chi connectivity index (χ1v) is 10.8. The zero-order valence-corrected chi connectivity index (χ0v) is 17.2. The van der Waals surface area contributed by atoms with Gasteiger partial charge in [-0.25, -0.2) is 4.39 Å². The lowest BCUT2D eigenvalue weighted by Crippen LogP contribution is -2.50. The number of halogens is 1. The average molecular weight is 410 g/mol. The summed E-state index contributed by atoms with van der Waals surface area (Å²) in [7, 11) is 0. The number of aromatic nitrogens is 1. The van der Waals surface area contributed by atoms with Gasteiger partial charge in [-0.05, 0) is 37.6 Å². The molecule has 3 aliphatic rings. The highest BCUT2D eigenvalue weighted by Crippen LogP contribution is 2.36. The number of alkyl halides is 1. The predicted octanol–water partition coefficient (Wildman–Crippen LogP) is 3.20. The number of piperidine rings is 1. The molecule has 0 unspecified atom stereocenters. The molecule has 1 aromatic heterocycles. The van der Waals surface area contributed by atoms with Crippen LogP contribution in [0.1, 0.15) is 12.8 Å². The molecule has 2 fully saturated rings. The normalized spacial score (nSPS) is 24.0. The van der Waals surface area contributed by atoms with Gasteiger partial charge in [-0.2, -0.15) is 0 Å². The van der Waals surface area contributed by atoms with Crippen molar-refractivity contribution in [2.75, 3.05) is 62.3 Å². The van der Waals surface area contributed by atoms with E-state index in [2.05, 4.69) is 55.4 Å². The van der Waals surface area contributed by atoms with Gasteiger partial charge in [0.15, 0.2) is 0 Å². The highest BCUT2D eigenvalue weighted by molar-refractivity contribution is 5.83. The van der Waals surface area contributed by atoms with E-state index in [4.69, 9.17) is 4.74 Å². The molecule has 0 spiro atoms. The zero-order valence-electron chi connectivity index (χ0n) is 17.2. The molecule has 7 heteroatoms. The van der Waals surface area contributed by atoms with Crippen LogP contribution in [0.2, 0.25) is 0 Å². The van der Waals surface area contributed by atoms with E-state index >= 15 is 4.39 Å². The second-order valence-electron chi connectivity index (χ2n) is 8.33. The fraction of sp³-hybridized carbons (Fsp3) is 0.478. The standard InChI is InChI=1S/C23H28FN5O/c24-23(6-1-7-25-16-23)17-29-9-8-26-21-15-27-20(14-22(21)29)18-2-4-19(5-3-18)28-10-12-30-13-11-28/h2-5,8,14-15,25H,1,6-7,9-13,16-17H2/t23-/m0/s1. The van der Waals surface area contributed by atoms with E-state index in [0.717, 1.165) is 61.9 Å². The molecule has 6 nitrogen and oxygen atoms in total. The molecule has 0 radical (unpaired) electrons. The Hall–Kier alpha value is -2.51. The monoisotopic (exact) mass is 409 g/mol. The van der Waals surface area contributed by atoms with Gasteiger partial charge in [-0.1, -0.05) is 12.1 Å². The lowest BCUT2D eigenvalue weighted by Gasteiger charge is -2.37. The minimum Gasteiger partial charge on any atom is -0.378 e. The molecule has 3 aliphatic heterocycles. The molecule has 5 rings (SSSR count). The van der Waals surface area contributed by atoms with Crippen LogP contribution in [0.4, 0.5) is 21.5 Å². The lowest BCUT2D eigenvalue weighted by atomic mass is 9.95. The highest BCUT2D eigenvalue weighted by Gasteiger charge is 2.35. The van der Waals surface area contributed by atoms with Crippen molar-refractivity contribution in [3.05, 3.63) is 36.5 Å². The van der Waals surface area contributed by atoms with Crippen molar-refractivity contribution in [3.8, 4) is 11.3 Å². The second-order valence-corrected chi connectivity index (χ2v) is 8.33. The van der Waals surface area contributed by atoms with Crippen LogP contribution in [0.15, 0.2) is 41.5 Å². The Morgan fingerprint density at radius 2 is 2.00 bits per heavy atom. The first-order valence-electron chi connectivity index (χ1n) is 10.8.